The number of hydrogen-bond acceptors (Lipinski definition) is 5. The van der Waals surface area contributed by atoms with Crippen LogP contribution >= 0.6 is 12.2 Å². The van der Waals surface area contributed by atoms with E-state index in [0.717, 1.165) is 31.3 Å². The summed E-state index contributed by atoms with van der Waals surface area (Å²) >= 11 is 5.55. The van der Waals surface area contributed by atoms with Gasteiger partial charge in [-0.15, -0.1) is 0 Å². The van der Waals surface area contributed by atoms with E-state index in [-0.39, 0.29) is 0 Å². The Hall–Kier alpha value is -2.41. The van der Waals surface area contributed by atoms with E-state index in [1.54, 1.807) is 0 Å². The smallest absolute Gasteiger partial charge is 0.232 e. The van der Waals surface area contributed by atoms with Gasteiger partial charge < -0.3 is 20.4 Å². The Kier molecular flexibility index (Phi) is 7.22. The highest BCUT2D eigenvalue weighted by molar-refractivity contribution is 7.80. The summed E-state index contributed by atoms with van der Waals surface area (Å²) in [6.45, 7) is 8.43. The molecular weight excluding hydrogens is 404 g/mol. The minimum atomic E-state index is 0.493. The van der Waals surface area contributed by atoms with Gasteiger partial charge in [0.2, 0.25) is 5.95 Å². The quantitative estimate of drug-likeness (QED) is 0.663. The summed E-state index contributed by atoms with van der Waals surface area (Å²) in [5.74, 6) is 3.27. The van der Waals surface area contributed by atoms with E-state index in [9.17, 15) is 0 Å². The number of nitrogens with zero attached hydrogens (tertiary/aromatic N) is 4. The Morgan fingerprint density at radius 1 is 1.03 bits per heavy atom. The van der Waals surface area contributed by atoms with Gasteiger partial charge in [-0.25, -0.2) is 0 Å². The Morgan fingerprint density at radius 2 is 1.84 bits per heavy atom. The molecule has 7 heteroatoms. The molecular formula is C24H34N6S. The van der Waals surface area contributed by atoms with E-state index < -0.39 is 0 Å². The number of rotatable bonds is 5. The standard InChI is InChI=1S/C24H34N6S/c1-18-9-8-13-29(17-18)21-15-22(30-14-7-6-10-19(30)2)27-23(26-21)28-24(31)25-16-20-11-4-3-5-12-20/h3-5,11-12,15,18-19H,6-10,13-14,16-17H2,1-2H3,(H2,25,26,27,28,31)/t18-,19+/m0/s1. The zero-order valence-electron chi connectivity index (χ0n) is 18.7. The van der Waals surface area contributed by atoms with Crippen molar-refractivity contribution in [1.82, 2.24) is 15.3 Å². The molecule has 0 spiro atoms. The second-order valence-electron chi connectivity index (χ2n) is 8.93. The third-order valence-corrected chi connectivity index (χ3v) is 6.54. The normalized spacial score (nSPS) is 21.6. The van der Waals surface area contributed by atoms with Crippen LogP contribution < -0.4 is 20.4 Å². The summed E-state index contributed by atoms with van der Waals surface area (Å²) in [5, 5.41) is 7.06. The highest BCUT2D eigenvalue weighted by Gasteiger charge is 2.24. The lowest BCUT2D eigenvalue weighted by molar-refractivity contribution is 0.444. The summed E-state index contributed by atoms with van der Waals surface area (Å²) in [6, 6.07) is 12.9. The predicted molar refractivity (Wildman–Crippen MR) is 133 cm³/mol. The van der Waals surface area contributed by atoms with Gasteiger partial charge in [-0.2, -0.15) is 9.97 Å². The van der Waals surface area contributed by atoms with Crippen molar-refractivity contribution in [3.8, 4) is 0 Å². The number of piperidine rings is 2. The zero-order chi connectivity index (χ0) is 21.6. The van der Waals surface area contributed by atoms with E-state index in [4.69, 9.17) is 22.2 Å². The summed E-state index contributed by atoms with van der Waals surface area (Å²) in [6.07, 6.45) is 6.21. The number of anilines is 3. The summed E-state index contributed by atoms with van der Waals surface area (Å²) < 4.78 is 0. The van der Waals surface area contributed by atoms with Gasteiger partial charge in [-0.3, -0.25) is 0 Å². The topological polar surface area (TPSA) is 56.3 Å². The monoisotopic (exact) mass is 438 g/mol. The lowest BCUT2D eigenvalue weighted by Crippen LogP contribution is -2.39. The average molecular weight is 439 g/mol. The van der Waals surface area contributed by atoms with Gasteiger partial charge in [0, 0.05) is 38.3 Å². The molecule has 2 fully saturated rings. The fraction of sp³-hybridized carbons (Fsp3) is 0.542. The molecule has 0 saturated carbocycles. The molecule has 2 N–H and O–H groups in total. The summed E-state index contributed by atoms with van der Waals surface area (Å²) in [4.78, 5) is 14.5. The van der Waals surface area contributed by atoms with Gasteiger partial charge in [0.1, 0.15) is 11.6 Å². The van der Waals surface area contributed by atoms with E-state index in [0.29, 0.717) is 29.6 Å². The third kappa shape index (κ3) is 5.85. The number of aromatic nitrogens is 2. The van der Waals surface area contributed by atoms with Crippen molar-refractivity contribution in [2.75, 3.05) is 34.8 Å². The molecule has 3 heterocycles. The SMILES string of the molecule is C[C@H]1CCCN(c2cc(N3CCCC[C@H]3C)nc(NC(=S)NCc3ccccc3)n2)C1. The van der Waals surface area contributed by atoms with Crippen LogP contribution in [-0.4, -0.2) is 40.8 Å². The average Bonchev–Trinajstić information content (AvgIpc) is 2.78. The first-order valence-corrected chi connectivity index (χ1v) is 12.0. The second-order valence-corrected chi connectivity index (χ2v) is 9.34. The molecule has 0 amide bonds. The minimum Gasteiger partial charge on any atom is -0.358 e. The van der Waals surface area contributed by atoms with E-state index in [1.807, 2.05) is 18.2 Å². The lowest BCUT2D eigenvalue weighted by atomic mass is 10.0. The number of nitrogens with one attached hydrogen (secondary N) is 2. The largest absolute Gasteiger partial charge is 0.358 e. The maximum Gasteiger partial charge on any atom is 0.232 e. The van der Waals surface area contributed by atoms with Crippen molar-refractivity contribution < 1.29 is 0 Å². The van der Waals surface area contributed by atoms with E-state index in [1.165, 1.54) is 37.7 Å². The highest BCUT2D eigenvalue weighted by Crippen LogP contribution is 2.29. The van der Waals surface area contributed by atoms with Gasteiger partial charge in [-0.1, -0.05) is 37.3 Å². The predicted octanol–water partition coefficient (Wildman–Crippen LogP) is 4.58. The van der Waals surface area contributed by atoms with Crippen LogP contribution in [0.25, 0.3) is 0 Å². The van der Waals surface area contributed by atoms with Gasteiger partial charge in [0.05, 0.1) is 0 Å². The first-order valence-electron chi connectivity index (χ1n) is 11.6. The Balaban J connectivity index is 1.52. The minimum absolute atomic E-state index is 0.493. The first-order chi connectivity index (χ1) is 15.1. The van der Waals surface area contributed by atoms with Crippen LogP contribution in [0.1, 0.15) is 51.5 Å². The molecule has 2 atom stereocenters. The Morgan fingerprint density at radius 3 is 2.61 bits per heavy atom. The molecule has 0 radical (unpaired) electrons. The fourth-order valence-corrected chi connectivity index (χ4v) is 4.71. The molecule has 6 nitrogen and oxygen atoms in total. The van der Waals surface area contributed by atoms with Gasteiger partial charge in [0.15, 0.2) is 5.11 Å². The van der Waals surface area contributed by atoms with Crippen molar-refractivity contribution in [1.29, 1.82) is 0 Å². The highest BCUT2D eigenvalue weighted by atomic mass is 32.1. The molecule has 4 rings (SSSR count). The van der Waals surface area contributed by atoms with Gasteiger partial charge >= 0.3 is 0 Å². The maximum absolute atomic E-state index is 5.55. The van der Waals surface area contributed by atoms with Gasteiger partial charge in [0.25, 0.3) is 0 Å². The van der Waals surface area contributed by atoms with Crippen LogP contribution in [0.5, 0.6) is 0 Å². The molecule has 2 saturated heterocycles. The van der Waals surface area contributed by atoms with Crippen LogP contribution in [0.2, 0.25) is 0 Å². The first kappa shape index (κ1) is 21.8. The molecule has 2 aromatic rings. The molecule has 1 aromatic heterocycles. The van der Waals surface area contributed by atoms with Crippen molar-refractivity contribution in [2.24, 2.45) is 5.92 Å². The summed E-state index contributed by atoms with van der Waals surface area (Å²) in [5.41, 5.74) is 1.19. The zero-order valence-corrected chi connectivity index (χ0v) is 19.5. The molecule has 1 aromatic carbocycles. The van der Waals surface area contributed by atoms with Crippen LogP contribution in [0.3, 0.4) is 0 Å². The lowest BCUT2D eigenvalue weighted by Gasteiger charge is -2.36. The van der Waals surface area contributed by atoms with E-state index >= 15 is 0 Å². The number of hydrogen-bond donors (Lipinski definition) is 2. The molecule has 0 unspecified atom stereocenters. The molecule has 166 valence electrons. The Bertz CT molecular complexity index is 874. The summed E-state index contributed by atoms with van der Waals surface area (Å²) in [7, 11) is 0. The Labute approximate surface area is 191 Å². The van der Waals surface area contributed by atoms with Crippen LogP contribution in [0, 0.1) is 5.92 Å². The van der Waals surface area contributed by atoms with Crippen molar-refractivity contribution in [2.45, 2.75) is 58.5 Å². The molecule has 31 heavy (non-hydrogen) atoms. The third-order valence-electron chi connectivity index (χ3n) is 6.30. The molecule has 0 bridgehead atoms. The molecule has 2 aliphatic rings. The molecule has 2 aliphatic heterocycles. The fourth-order valence-electron chi connectivity index (χ4n) is 4.55. The van der Waals surface area contributed by atoms with Crippen molar-refractivity contribution >= 4 is 34.9 Å². The number of thiocarbonyl (C=S) groups is 1. The maximum atomic E-state index is 5.55. The van der Waals surface area contributed by atoms with Gasteiger partial charge in [-0.05, 0) is 62.7 Å². The molecule has 0 aliphatic carbocycles. The van der Waals surface area contributed by atoms with E-state index in [2.05, 4.69) is 52.5 Å². The second kappa shape index (κ2) is 10.3. The van der Waals surface area contributed by atoms with Crippen molar-refractivity contribution in [3.05, 3.63) is 42.0 Å². The van der Waals surface area contributed by atoms with Crippen molar-refractivity contribution in [3.63, 3.8) is 0 Å². The van der Waals surface area contributed by atoms with Crippen LogP contribution in [-0.2, 0) is 6.54 Å². The van der Waals surface area contributed by atoms with Crippen LogP contribution in [0.4, 0.5) is 17.6 Å². The van der Waals surface area contributed by atoms with Crippen LogP contribution in [0.15, 0.2) is 36.4 Å². The number of benzene rings is 1.